The number of anilines is 1. The first-order valence-electron chi connectivity index (χ1n) is 8.04. The molecule has 0 saturated carbocycles. The molecule has 2 aromatic carbocycles. The molecule has 0 N–H and O–H groups in total. The van der Waals surface area contributed by atoms with Crippen molar-refractivity contribution in [2.45, 2.75) is 6.54 Å². The van der Waals surface area contributed by atoms with Crippen molar-refractivity contribution in [1.82, 2.24) is 4.57 Å². The highest BCUT2D eigenvalue weighted by Crippen LogP contribution is 2.25. The van der Waals surface area contributed by atoms with E-state index in [-0.39, 0.29) is 23.0 Å². The monoisotopic (exact) mass is 420 g/mol. The maximum atomic E-state index is 12.8. The van der Waals surface area contributed by atoms with Crippen molar-refractivity contribution in [3.63, 3.8) is 0 Å². The Hall–Kier alpha value is -2.27. The standard InChI is InChI=1S/C20H15Cl3N2O2/c1-24(14-6-3-2-4-7-14)19(26)13-10-18(23)20(27)25(11-13)12-15-16(21)8-5-9-17(15)22/h2-11H,12H2,1H3. The molecule has 27 heavy (non-hydrogen) atoms. The lowest BCUT2D eigenvalue weighted by atomic mass is 10.2. The molecule has 0 bridgehead atoms. The number of rotatable bonds is 4. The van der Waals surface area contributed by atoms with Crippen LogP contribution in [0.1, 0.15) is 15.9 Å². The summed E-state index contributed by atoms with van der Waals surface area (Å²) in [6, 6.07) is 15.7. The van der Waals surface area contributed by atoms with E-state index in [1.807, 2.05) is 30.3 Å². The fourth-order valence-corrected chi connectivity index (χ4v) is 3.39. The number of amides is 1. The summed E-state index contributed by atoms with van der Waals surface area (Å²) in [6.45, 7) is 0.104. The van der Waals surface area contributed by atoms with E-state index in [0.29, 0.717) is 15.6 Å². The molecule has 138 valence electrons. The van der Waals surface area contributed by atoms with E-state index >= 15 is 0 Å². The van der Waals surface area contributed by atoms with Crippen molar-refractivity contribution in [3.05, 3.63) is 97.3 Å². The van der Waals surface area contributed by atoms with E-state index in [0.717, 1.165) is 5.69 Å². The maximum Gasteiger partial charge on any atom is 0.269 e. The molecule has 0 fully saturated rings. The average Bonchev–Trinajstić information content (AvgIpc) is 2.67. The van der Waals surface area contributed by atoms with Gasteiger partial charge in [0.05, 0.1) is 12.1 Å². The number of carbonyl (C=O) groups excluding carboxylic acids is 1. The zero-order valence-electron chi connectivity index (χ0n) is 14.3. The van der Waals surface area contributed by atoms with Crippen LogP contribution in [0.25, 0.3) is 0 Å². The van der Waals surface area contributed by atoms with Crippen LogP contribution in [0, 0.1) is 0 Å². The van der Waals surface area contributed by atoms with Crippen molar-refractivity contribution in [2.24, 2.45) is 0 Å². The summed E-state index contributed by atoms with van der Waals surface area (Å²) in [6.07, 6.45) is 1.47. The summed E-state index contributed by atoms with van der Waals surface area (Å²) >= 11 is 18.5. The molecule has 3 rings (SSSR count). The second-order valence-corrected chi connectivity index (χ2v) is 7.13. The van der Waals surface area contributed by atoms with E-state index in [2.05, 4.69) is 0 Å². The minimum absolute atomic E-state index is 0.0505. The number of para-hydroxylation sites is 1. The van der Waals surface area contributed by atoms with Gasteiger partial charge in [-0.3, -0.25) is 9.59 Å². The molecule has 0 saturated heterocycles. The molecule has 1 heterocycles. The van der Waals surface area contributed by atoms with Gasteiger partial charge >= 0.3 is 0 Å². The van der Waals surface area contributed by atoms with Gasteiger partial charge in [-0.2, -0.15) is 0 Å². The Kier molecular flexibility index (Phi) is 5.90. The number of carbonyl (C=O) groups is 1. The Balaban J connectivity index is 1.99. The fourth-order valence-electron chi connectivity index (χ4n) is 2.65. The van der Waals surface area contributed by atoms with Gasteiger partial charge in [-0.15, -0.1) is 0 Å². The first kappa shape index (κ1) is 19.5. The van der Waals surface area contributed by atoms with Crippen LogP contribution in [0.3, 0.4) is 0 Å². The van der Waals surface area contributed by atoms with Gasteiger partial charge in [0.25, 0.3) is 11.5 Å². The minimum atomic E-state index is -0.424. The Morgan fingerprint density at radius 1 is 0.963 bits per heavy atom. The van der Waals surface area contributed by atoms with E-state index < -0.39 is 5.56 Å². The normalized spacial score (nSPS) is 10.7. The van der Waals surface area contributed by atoms with E-state index in [4.69, 9.17) is 34.8 Å². The predicted octanol–water partition coefficient (Wildman–Crippen LogP) is 5.13. The second-order valence-electron chi connectivity index (χ2n) is 5.91. The van der Waals surface area contributed by atoms with Crippen LogP contribution in [-0.4, -0.2) is 17.5 Å². The number of aromatic nitrogens is 1. The zero-order chi connectivity index (χ0) is 19.6. The molecule has 0 aliphatic carbocycles. The van der Waals surface area contributed by atoms with E-state index in [9.17, 15) is 9.59 Å². The van der Waals surface area contributed by atoms with Gasteiger partial charge in [0.1, 0.15) is 5.02 Å². The smallest absolute Gasteiger partial charge is 0.269 e. The number of hydrogen-bond donors (Lipinski definition) is 0. The topological polar surface area (TPSA) is 42.3 Å². The van der Waals surface area contributed by atoms with Crippen molar-refractivity contribution < 1.29 is 4.79 Å². The van der Waals surface area contributed by atoms with Crippen LogP contribution in [0.15, 0.2) is 65.6 Å². The van der Waals surface area contributed by atoms with Crippen molar-refractivity contribution >= 4 is 46.4 Å². The second kappa shape index (κ2) is 8.17. The predicted molar refractivity (Wildman–Crippen MR) is 110 cm³/mol. The lowest BCUT2D eigenvalue weighted by Crippen LogP contribution is -2.29. The third-order valence-electron chi connectivity index (χ3n) is 4.13. The lowest BCUT2D eigenvalue weighted by molar-refractivity contribution is 0.0992. The van der Waals surface area contributed by atoms with Crippen molar-refractivity contribution in [3.8, 4) is 0 Å². The molecular weight excluding hydrogens is 407 g/mol. The summed E-state index contributed by atoms with van der Waals surface area (Å²) in [5.74, 6) is -0.290. The van der Waals surface area contributed by atoms with Gasteiger partial charge in [0.2, 0.25) is 0 Å². The third kappa shape index (κ3) is 4.19. The molecule has 0 radical (unpaired) electrons. The number of benzene rings is 2. The molecule has 0 unspecified atom stereocenters. The SMILES string of the molecule is CN(C(=O)c1cc(Cl)c(=O)n(Cc2c(Cl)cccc2Cl)c1)c1ccccc1. The minimum Gasteiger partial charge on any atom is -0.311 e. The summed E-state index contributed by atoms with van der Waals surface area (Å²) in [4.78, 5) is 26.8. The number of pyridine rings is 1. The number of halogens is 3. The highest BCUT2D eigenvalue weighted by atomic mass is 35.5. The summed E-state index contributed by atoms with van der Waals surface area (Å²) in [5, 5.41) is 0.817. The van der Waals surface area contributed by atoms with Gasteiger partial charge in [-0.1, -0.05) is 59.1 Å². The third-order valence-corrected chi connectivity index (χ3v) is 5.11. The summed E-state index contributed by atoms with van der Waals surface area (Å²) < 4.78 is 1.33. The average molecular weight is 422 g/mol. The highest BCUT2D eigenvalue weighted by Gasteiger charge is 2.17. The molecule has 1 aromatic heterocycles. The van der Waals surface area contributed by atoms with E-state index in [1.54, 1.807) is 25.2 Å². The Morgan fingerprint density at radius 3 is 2.22 bits per heavy atom. The Labute approximate surface area is 171 Å². The summed E-state index contributed by atoms with van der Waals surface area (Å²) in [5.41, 5.74) is 1.17. The van der Waals surface area contributed by atoms with Crippen LogP contribution >= 0.6 is 34.8 Å². The van der Waals surface area contributed by atoms with E-state index in [1.165, 1.54) is 21.7 Å². The quantitative estimate of drug-likeness (QED) is 0.586. The van der Waals surface area contributed by atoms with Gasteiger partial charge in [-0.25, -0.2) is 0 Å². The van der Waals surface area contributed by atoms with Gasteiger partial charge in [-0.05, 0) is 30.3 Å². The molecule has 3 aromatic rings. The van der Waals surface area contributed by atoms with Crippen LogP contribution in [0.4, 0.5) is 5.69 Å². The molecule has 0 atom stereocenters. The first-order chi connectivity index (χ1) is 12.9. The largest absolute Gasteiger partial charge is 0.311 e. The Morgan fingerprint density at radius 2 is 1.59 bits per heavy atom. The summed E-state index contributed by atoms with van der Waals surface area (Å²) in [7, 11) is 1.66. The molecule has 1 amide bonds. The molecule has 0 spiro atoms. The maximum absolute atomic E-state index is 12.8. The molecule has 7 heteroatoms. The van der Waals surface area contributed by atoms with Gasteiger partial charge in [0.15, 0.2) is 0 Å². The molecule has 4 nitrogen and oxygen atoms in total. The molecular formula is C20H15Cl3N2O2. The van der Waals surface area contributed by atoms with Crippen LogP contribution < -0.4 is 10.5 Å². The highest BCUT2D eigenvalue weighted by molar-refractivity contribution is 6.36. The number of nitrogens with zero attached hydrogens (tertiary/aromatic N) is 2. The first-order valence-corrected chi connectivity index (χ1v) is 9.18. The molecule has 0 aliphatic heterocycles. The van der Waals surface area contributed by atoms with Crippen molar-refractivity contribution in [2.75, 3.05) is 11.9 Å². The van der Waals surface area contributed by atoms with Crippen LogP contribution in [-0.2, 0) is 6.54 Å². The fraction of sp³-hybridized carbons (Fsp3) is 0.100. The Bertz CT molecular complexity index is 1030. The lowest BCUT2D eigenvalue weighted by Gasteiger charge is -2.18. The van der Waals surface area contributed by atoms with Crippen molar-refractivity contribution in [1.29, 1.82) is 0 Å². The van der Waals surface area contributed by atoms with Gasteiger partial charge in [0, 0.05) is 34.5 Å². The number of hydrogen-bond acceptors (Lipinski definition) is 2. The molecule has 0 aliphatic rings. The van der Waals surface area contributed by atoms with Crippen LogP contribution in [0.5, 0.6) is 0 Å². The zero-order valence-corrected chi connectivity index (χ0v) is 16.6. The van der Waals surface area contributed by atoms with Gasteiger partial charge < -0.3 is 9.47 Å². The van der Waals surface area contributed by atoms with Crippen LogP contribution in [0.2, 0.25) is 15.1 Å².